The van der Waals surface area contributed by atoms with Gasteiger partial charge in [-0.1, -0.05) is 30.3 Å². The molecule has 4 aromatic rings. The Labute approximate surface area is 182 Å². The molecule has 0 aliphatic carbocycles. The van der Waals surface area contributed by atoms with Crippen LogP contribution in [0, 0.1) is 0 Å². The van der Waals surface area contributed by atoms with Crippen LogP contribution >= 0.6 is 23.1 Å². The molecule has 6 nitrogen and oxygen atoms in total. The average Bonchev–Trinajstić information content (AvgIpc) is 3.25. The molecule has 0 saturated heterocycles. The number of carbonyl (C=O) groups is 1. The summed E-state index contributed by atoms with van der Waals surface area (Å²) in [5.41, 5.74) is 0.535. The molecular formula is C21H17N3O3S3. The molecule has 0 fully saturated rings. The van der Waals surface area contributed by atoms with Crippen molar-refractivity contribution < 1.29 is 13.2 Å². The summed E-state index contributed by atoms with van der Waals surface area (Å²) in [7, 11) is -3.71. The molecule has 0 spiro atoms. The Morgan fingerprint density at radius 2 is 1.77 bits per heavy atom. The molecule has 3 aromatic carbocycles. The van der Waals surface area contributed by atoms with Crippen molar-refractivity contribution in [1.82, 2.24) is 4.98 Å². The highest BCUT2D eigenvalue weighted by Crippen LogP contribution is 2.24. The van der Waals surface area contributed by atoms with E-state index in [4.69, 9.17) is 0 Å². The SMILES string of the molecule is O=C(CSc1ccc2ccccc2c1)Nc1ccc(S(=O)(=O)Nc2nccs2)cc1. The number of nitrogens with one attached hydrogen (secondary N) is 2. The van der Waals surface area contributed by atoms with E-state index in [1.807, 2.05) is 36.4 Å². The molecule has 152 valence electrons. The third-order valence-corrected chi connectivity index (χ3v) is 7.36. The van der Waals surface area contributed by atoms with Crippen LogP contribution in [0.3, 0.4) is 0 Å². The number of hydrogen-bond donors (Lipinski definition) is 2. The number of sulfonamides is 1. The highest BCUT2D eigenvalue weighted by atomic mass is 32.2. The van der Waals surface area contributed by atoms with E-state index in [0.717, 1.165) is 15.7 Å². The van der Waals surface area contributed by atoms with E-state index >= 15 is 0 Å². The van der Waals surface area contributed by atoms with Crippen LogP contribution in [0.4, 0.5) is 10.8 Å². The minimum atomic E-state index is -3.71. The molecule has 2 N–H and O–H groups in total. The van der Waals surface area contributed by atoms with Crippen molar-refractivity contribution in [3.05, 3.63) is 78.3 Å². The summed E-state index contributed by atoms with van der Waals surface area (Å²) in [6, 6.07) is 20.2. The van der Waals surface area contributed by atoms with Crippen LogP contribution in [0.5, 0.6) is 0 Å². The summed E-state index contributed by atoms with van der Waals surface area (Å²) in [6.07, 6.45) is 1.52. The van der Waals surface area contributed by atoms with Gasteiger partial charge in [-0.05, 0) is 47.2 Å². The molecule has 4 rings (SSSR count). The molecule has 1 amide bonds. The number of thiazole rings is 1. The lowest BCUT2D eigenvalue weighted by molar-refractivity contribution is -0.113. The van der Waals surface area contributed by atoms with Crippen LogP contribution in [-0.4, -0.2) is 25.1 Å². The summed E-state index contributed by atoms with van der Waals surface area (Å²) < 4.78 is 27.1. The first-order chi connectivity index (χ1) is 14.5. The number of nitrogens with zero attached hydrogens (tertiary/aromatic N) is 1. The van der Waals surface area contributed by atoms with Crippen molar-refractivity contribution in [3.63, 3.8) is 0 Å². The van der Waals surface area contributed by atoms with Gasteiger partial charge in [-0.25, -0.2) is 13.4 Å². The Balaban J connectivity index is 1.35. The molecule has 0 aliphatic heterocycles. The van der Waals surface area contributed by atoms with E-state index in [0.29, 0.717) is 10.8 Å². The van der Waals surface area contributed by atoms with Crippen LogP contribution in [0.15, 0.2) is 88.1 Å². The molecule has 30 heavy (non-hydrogen) atoms. The number of rotatable bonds is 7. The van der Waals surface area contributed by atoms with E-state index in [1.54, 1.807) is 17.5 Å². The monoisotopic (exact) mass is 455 g/mol. The zero-order valence-electron chi connectivity index (χ0n) is 15.6. The third kappa shape index (κ3) is 4.99. The Kier molecular flexibility index (Phi) is 6.03. The van der Waals surface area contributed by atoms with E-state index in [2.05, 4.69) is 21.1 Å². The Bertz CT molecular complexity index is 1270. The van der Waals surface area contributed by atoms with Crippen LogP contribution in [0.1, 0.15) is 0 Å². The molecule has 0 unspecified atom stereocenters. The van der Waals surface area contributed by atoms with Gasteiger partial charge >= 0.3 is 0 Å². The summed E-state index contributed by atoms with van der Waals surface area (Å²) in [5, 5.41) is 7.07. The maximum atomic E-state index is 12.4. The molecule has 0 saturated carbocycles. The van der Waals surface area contributed by atoms with E-state index < -0.39 is 10.0 Å². The van der Waals surface area contributed by atoms with Crippen molar-refractivity contribution in [1.29, 1.82) is 0 Å². The lowest BCUT2D eigenvalue weighted by Crippen LogP contribution is -2.15. The number of hydrogen-bond acceptors (Lipinski definition) is 6. The van der Waals surface area contributed by atoms with Crippen molar-refractivity contribution in [3.8, 4) is 0 Å². The number of anilines is 2. The highest BCUT2D eigenvalue weighted by Gasteiger charge is 2.15. The average molecular weight is 456 g/mol. The summed E-state index contributed by atoms with van der Waals surface area (Å²) >= 11 is 2.65. The van der Waals surface area contributed by atoms with Crippen LogP contribution < -0.4 is 10.0 Å². The summed E-state index contributed by atoms with van der Waals surface area (Å²) in [6.45, 7) is 0. The topological polar surface area (TPSA) is 88.2 Å². The second-order valence-corrected chi connectivity index (χ2v) is 9.94. The first-order valence-corrected chi connectivity index (χ1v) is 12.3. The van der Waals surface area contributed by atoms with Crippen LogP contribution in [0.25, 0.3) is 10.8 Å². The van der Waals surface area contributed by atoms with Gasteiger partial charge in [0, 0.05) is 22.2 Å². The standard InChI is InChI=1S/C21H17N3O3S3/c25-20(14-29-18-8-5-15-3-1-2-4-16(15)13-18)23-17-6-9-19(10-7-17)30(26,27)24-21-22-11-12-28-21/h1-13H,14H2,(H,22,24)(H,23,25). The van der Waals surface area contributed by atoms with Crippen LogP contribution in [-0.2, 0) is 14.8 Å². The van der Waals surface area contributed by atoms with Gasteiger partial charge in [0.15, 0.2) is 5.13 Å². The Morgan fingerprint density at radius 1 is 1.00 bits per heavy atom. The number of benzene rings is 3. The number of thioether (sulfide) groups is 1. The number of aromatic nitrogens is 1. The third-order valence-electron chi connectivity index (χ3n) is 4.19. The smallest absolute Gasteiger partial charge is 0.263 e. The predicted octanol–water partition coefficient (Wildman–Crippen LogP) is 4.83. The summed E-state index contributed by atoms with van der Waals surface area (Å²) in [5.74, 6) is 0.0916. The van der Waals surface area contributed by atoms with Gasteiger partial charge in [-0.3, -0.25) is 9.52 Å². The quantitative estimate of drug-likeness (QED) is 0.390. The first kappa shape index (κ1) is 20.4. The molecule has 1 aromatic heterocycles. The second kappa shape index (κ2) is 8.86. The minimum Gasteiger partial charge on any atom is -0.325 e. The van der Waals surface area contributed by atoms with Crippen molar-refractivity contribution in [2.75, 3.05) is 15.8 Å². The Hall–Kier alpha value is -2.88. The molecule has 0 radical (unpaired) electrons. The van der Waals surface area contributed by atoms with Gasteiger partial charge in [0.25, 0.3) is 10.0 Å². The van der Waals surface area contributed by atoms with Gasteiger partial charge in [0.1, 0.15) is 0 Å². The van der Waals surface area contributed by atoms with Crippen LogP contribution in [0.2, 0.25) is 0 Å². The lowest BCUT2D eigenvalue weighted by atomic mass is 10.1. The highest BCUT2D eigenvalue weighted by molar-refractivity contribution is 8.00. The lowest BCUT2D eigenvalue weighted by Gasteiger charge is -2.08. The number of fused-ring (bicyclic) bond motifs is 1. The number of carbonyl (C=O) groups excluding carboxylic acids is 1. The normalized spacial score (nSPS) is 11.3. The van der Waals surface area contributed by atoms with Gasteiger partial charge in [0.05, 0.1) is 10.6 Å². The summed E-state index contributed by atoms with van der Waals surface area (Å²) in [4.78, 5) is 17.3. The second-order valence-electron chi connectivity index (χ2n) is 6.31. The maximum Gasteiger partial charge on any atom is 0.263 e. The largest absolute Gasteiger partial charge is 0.325 e. The van der Waals surface area contributed by atoms with Crippen molar-refractivity contribution in [2.45, 2.75) is 9.79 Å². The molecule has 9 heteroatoms. The number of amides is 1. The molecule has 1 heterocycles. The zero-order valence-corrected chi connectivity index (χ0v) is 18.1. The Morgan fingerprint density at radius 3 is 2.50 bits per heavy atom. The fourth-order valence-corrected chi connectivity index (χ4v) is 5.30. The van der Waals surface area contributed by atoms with Gasteiger partial charge < -0.3 is 5.32 Å². The van der Waals surface area contributed by atoms with Crippen molar-refractivity contribution in [2.24, 2.45) is 0 Å². The first-order valence-electron chi connectivity index (χ1n) is 8.93. The molecule has 0 atom stereocenters. The van der Waals surface area contributed by atoms with E-state index in [-0.39, 0.29) is 16.6 Å². The fourth-order valence-electron chi connectivity index (χ4n) is 2.77. The fraction of sp³-hybridized carbons (Fsp3) is 0.0476. The minimum absolute atomic E-state index is 0.0984. The van der Waals surface area contributed by atoms with Gasteiger partial charge in [-0.15, -0.1) is 23.1 Å². The van der Waals surface area contributed by atoms with Gasteiger partial charge in [0.2, 0.25) is 5.91 Å². The van der Waals surface area contributed by atoms with Gasteiger partial charge in [-0.2, -0.15) is 0 Å². The molecule has 0 aliphatic rings. The molecular weight excluding hydrogens is 438 g/mol. The van der Waals surface area contributed by atoms with Crippen molar-refractivity contribution >= 4 is 60.6 Å². The zero-order chi connectivity index (χ0) is 21.0. The predicted molar refractivity (Wildman–Crippen MR) is 123 cm³/mol. The van der Waals surface area contributed by atoms with E-state index in [9.17, 15) is 13.2 Å². The molecule has 0 bridgehead atoms. The van der Waals surface area contributed by atoms with E-state index in [1.165, 1.54) is 41.4 Å². The maximum absolute atomic E-state index is 12.4.